The largest absolute Gasteiger partial charge is 0.379 e. The van der Waals surface area contributed by atoms with Crippen LogP contribution in [-0.4, -0.2) is 39.4 Å². The molecular formula is C16H33NO3. The first-order valence-electron chi connectivity index (χ1n) is 7.82. The second-order valence-electron chi connectivity index (χ2n) is 6.37. The number of carbonyl (C=O) groups excluding carboxylic acids is 1. The molecule has 0 spiro atoms. The molecule has 0 heterocycles. The maximum absolute atomic E-state index is 10.9. The van der Waals surface area contributed by atoms with Crippen molar-refractivity contribution in [3.05, 3.63) is 0 Å². The molecule has 0 fully saturated rings. The first kappa shape index (κ1) is 19.4. The molecule has 0 radical (unpaired) electrons. The number of nitrogens with one attached hydrogen (secondary N) is 1. The van der Waals surface area contributed by atoms with E-state index in [2.05, 4.69) is 26.1 Å². The van der Waals surface area contributed by atoms with Gasteiger partial charge < -0.3 is 14.8 Å². The molecule has 0 saturated carbocycles. The molecule has 0 aliphatic rings. The van der Waals surface area contributed by atoms with Gasteiger partial charge in [0.25, 0.3) is 0 Å². The molecule has 0 saturated heterocycles. The minimum Gasteiger partial charge on any atom is -0.379 e. The van der Waals surface area contributed by atoms with Crippen molar-refractivity contribution >= 4 is 5.91 Å². The van der Waals surface area contributed by atoms with E-state index >= 15 is 0 Å². The highest BCUT2D eigenvalue weighted by Crippen LogP contribution is 2.22. The molecule has 1 amide bonds. The maximum Gasteiger partial charge on any atom is 0.222 e. The summed E-state index contributed by atoms with van der Waals surface area (Å²) >= 11 is 0. The second kappa shape index (κ2) is 12.2. The van der Waals surface area contributed by atoms with Crippen LogP contribution in [-0.2, 0) is 14.3 Å². The second-order valence-corrected chi connectivity index (χ2v) is 6.37. The number of ether oxygens (including phenoxy) is 2. The summed E-state index contributed by atoms with van der Waals surface area (Å²) in [7, 11) is 1.63. The lowest BCUT2D eigenvalue weighted by Crippen LogP contribution is -2.19. The predicted molar refractivity (Wildman–Crippen MR) is 82.9 cm³/mol. The van der Waals surface area contributed by atoms with Gasteiger partial charge in [-0.1, -0.05) is 40.0 Å². The number of rotatable bonds is 12. The van der Waals surface area contributed by atoms with E-state index in [4.69, 9.17) is 9.47 Å². The normalized spacial score (nSPS) is 11.6. The van der Waals surface area contributed by atoms with Gasteiger partial charge in [0.15, 0.2) is 0 Å². The van der Waals surface area contributed by atoms with Crippen molar-refractivity contribution in [1.82, 2.24) is 5.32 Å². The van der Waals surface area contributed by atoms with Crippen LogP contribution in [0.4, 0.5) is 0 Å². The Bertz CT molecular complexity index is 236. The molecule has 0 rings (SSSR count). The van der Waals surface area contributed by atoms with Crippen molar-refractivity contribution in [2.24, 2.45) is 5.41 Å². The summed E-state index contributed by atoms with van der Waals surface area (Å²) < 4.78 is 10.8. The van der Waals surface area contributed by atoms with Crippen molar-refractivity contribution in [1.29, 1.82) is 0 Å². The highest BCUT2D eigenvalue weighted by Gasteiger charge is 2.08. The molecule has 0 aromatic heterocycles. The van der Waals surface area contributed by atoms with Gasteiger partial charge in [0.2, 0.25) is 5.91 Å². The van der Waals surface area contributed by atoms with Gasteiger partial charge >= 0.3 is 0 Å². The molecule has 20 heavy (non-hydrogen) atoms. The van der Waals surface area contributed by atoms with E-state index in [1.165, 1.54) is 25.7 Å². The summed E-state index contributed by atoms with van der Waals surface area (Å²) in [6.45, 7) is 9.35. The van der Waals surface area contributed by atoms with E-state index in [1.54, 1.807) is 7.05 Å². The molecule has 120 valence electrons. The predicted octanol–water partition coefficient (Wildman–Crippen LogP) is 3.15. The lowest BCUT2D eigenvalue weighted by atomic mass is 9.89. The monoisotopic (exact) mass is 287 g/mol. The average molecular weight is 287 g/mol. The Morgan fingerprint density at radius 1 is 0.900 bits per heavy atom. The van der Waals surface area contributed by atoms with E-state index in [0.29, 0.717) is 31.7 Å². The van der Waals surface area contributed by atoms with Gasteiger partial charge in [-0.15, -0.1) is 0 Å². The van der Waals surface area contributed by atoms with Crippen LogP contribution >= 0.6 is 0 Å². The van der Waals surface area contributed by atoms with E-state index in [9.17, 15) is 4.79 Å². The topological polar surface area (TPSA) is 47.6 Å². The van der Waals surface area contributed by atoms with Gasteiger partial charge in [-0.25, -0.2) is 0 Å². The SMILES string of the molecule is CNC(=O)CCOCCOCCCCCCC(C)(C)C. The summed E-state index contributed by atoms with van der Waals surface area (Å²) in [6, 6.07) is 0. The molecule has 4 heteroatoms. The van der Waals surface area contributed by atoms with Crippen molar-refractivity contribution in [3.8, 4) is 0 Å². The molecule has 1 N–H and O–H groups in total. The Kier molecular flexibility index (Phi) is 11.8. The third-order valence-electron chi connectivity index (χ3n) is 3.09. The van der Waals surface area contributed by atoms with Crippen molar-refractivity contribution in [2.75, 3.05) is 33.5 Å². The summed E-state index contributed by atoms with van der Waals surface area (Å²) in [5, 5.41) is 2.56. The molecule has 0 aromatic rings. The van der Waals surface area contributed by atoms with Crippen molar-refractivity contribution in [3.63, 3.8) is 0 Å². The van der Waals surface area contributed by atoms with E-state index < -0.39 is 0 Å². The standard InChI is InChI=1S/C16H33NO3/c1-16(2,3)10-7-5-6-8-11-19-13-14-20-12-9-15(18)17-4/h5-14H2,1-4H3,(H,17,18). The fourth-order valence-corrected chi connectivity index (χ4v) is 1.82. The summed E-state index contributed by atoms with van der Waals surface area (Å²) in [5.74, 6) is 0.0150. The van der Waals surface area contributed by atoms with Crippen LogP contribution in [0.2, 0.25) is 0 Å². The van der Waals surface area contributed by atoms with E-state index in [0.717, 1.165) is 13.0 Å². The Labute approximate surface area is 124 Å². The third kappa shape index (κ3) is 15.4. The van der Waals surface area contributed by atoms with Crippen molar-refractivity contribution in [2.45, 2.75) is 59.3 Å². The number of hydrogen-bond acceptors (Lipinski definition) is 3. The summed E-state index contributed by atoms with van der Waals surface area (Å²) in [6.07, 6.45) is 6.70. The van der Waals surface area contributed by atoms with Crippen molar-refractivity contribution < 1.29 is 14.3 Å². The number of carbonyl (C=O) groups is 1. The molecular weight excluding hydrogens is 254 g/mol. The molecule has 0 aliphatic carbocycles. The van der Waals surface area contributed by atoms with Gasteiger partial charge in [0.05, 0.1) is 19.8 Å². The van der Waals surface area contributed by atoms with Crippen LogP contribution in [0.15, 0.2) is 0 Å². The minimum absolute atomic E-state index is 0.0150. The first-order chi connectivity index (χ1) is 9.45. The fourth-order valence-electron chi connectivity index (χ4n) is 1.82. The van der Waals surface area contributed by atoms with Crippen LogP contribution < -0.4 is 5.32 Å². The smallest absolute Gasteiger partial charge is 0.222 e. The van der Waals surface area contributed by atoms with Gasteiger partial charge in [0, 0.05) is 20.1 Å². The molecule has 4 nitrogen and oxygen atoms in total. The van der Waals surface area contributed by atoms with Crippen LogP contribution in [0.3, 0.4) is 0 Å². The Balaban J connectivity index is 3.08. The first-order valence-corrected chi connectivity index (χ1v) is 7.82. The molecule has 0 atom stereocenters. The van der Waals surface area contributed by atoms with Gasteiger partial charge in [-0.3, -0.25) is 4.79 Å². The lowest BCUT2D eigenvalue weighted by molar-refractivity contribution is -0.121. The number of hydrogen-bond donors (Lipinski definition) is 1. The summed E-state index contributed by atoms with van der Waals surface area (Å²) in [5.41, 5.74) is 0.461. The Hall–Kier alpha value is -0.610. The average Bonchev–Trinajstić information content (AvgIpc) is 2.38. The van der Waals surface area contributed by atoms with Gasteiger partial charge in [0.1, 0.15) is 0 Å². The Morgan fingerprint density at radius 3 is 2.10 bits per heavy atom. The van der Waals surface area contributed by atoms with E-state index in [1.807, 2.05) is 0 Å². The zero-order valence-corrected chi connectivity index (χ0v) is 13.8. The Morgan fingerprint density at radius 2 is 1.50 bits per heavy atom. The highest BCUT2D eigenvalue weighted by molar-refractivity contribution is 5.75. The van der Waals surface area contributed by atoms with Crippen LogP contribution in [0.5, 0.6) is 0 Å². The number of unbranched alkanes of at least 4 members (excludes halogenated alkanes) is 3. The summed E-state index contributed by atoms with van der Waals surface area (Å²) in [4.78, 5) is 10.9. The molecule has 0 bridgehead atoms. The molecule has 0 aliphatic heterocycles. The zero-order chi connectivity index (χ0) is 15.3. The quantitative estimate of drug-likeness (QED) is 0.561. The molecule has 0 aromatic carbocycles. The third-order valence-corrected chi connectivity index (χ3v) is 3.09. The maximum atomic E-state index is 10.9. The van der Waals surface area contributed by atoms with Crippen LogP contribution in [0.1, 0.15) is 59.3 Å². The van der Waals surface area contributed by atoms with Crippen LogP contribution in [0.25, 0.3) is 0 Å². The van der Waals surface area contributed by atoms with E-state index in [-0.39, 0.29) is 5.91 Å². The minimum atomic E-state index is 0.0150. The molecule has 0 unspecified atom stereocenters. The highest BCUT2D eigenvalue weighted by atomic mass is 16.5. The fraction of sp³-hybridized carbons (Fsp3) is 0.938. The van der Waals surface area contributed by atoms with Crippen LogP contribution in [0, 0.1) is 5.41 Å². The zero-order valence-electron chi connectivity index (χ0n) is 13.8. The lowest BCUT2D eigenvalue weighted by Gasteiger charge is -2.17. The van der Waals surface area contributed by atoms with Gasteiger partial charge in [-0.2, -0.15) is 0 Å². The number of amides is 1. The van der Waals surface area contributed by atoms with Gasteiger partial charge in [-0.05, 0) is 18.3 Å².